The number of H-pyrrole nitrogens is 1. The Labute approximate surface area is 225 Å². The molecule has 0 atom stereocenters. The molecule has 1 aliphatic rings. The zero-order valence-corrected chi connectivity index (χ0v) is 21.8. The Kier molecular flexibility index (Phi) is 11.2. The minimum atomic E-state index is -5.08. The van der Waals surface area contributed by atoms with Crippen LogP contribution in [0.1, 0.15) is 37.2 Å². The standard InChI is InChI=1S/C24H30N4OS.C2HF3O2.CH4/c1-17-5-4-6-21-23(17)25-22(26-24(21)29)16-30-20-11-13-28(14-12-20)15-18-7-9-19(10-8-18)27(2)3;3-2(4,5)1(6)7;/h4-10,20H,11-16H2,1-3H3,(H,25,26,29);(H,6,7);1H4. The minimum Gasteiger partial charge on any atom is -0.475 e. The number of carbonyl (C=O) groups is 1. The highest BCUT2D eigenvalue weighted by Gasteiger charge is 2.38. The van der Waals surface area contributed by atoms with Gasteiger partial charge in [-0.05, 0) is 62.2 Å². The van der Waals surface area contributed by atoms with Gasteiger partial charge in [0.1, 0.15) is 5.82 Å². The maximum absolute atomic E-state index is 12.4. The molecular formula is C27H35F3N4O3S. The maximum Gasteiger partial charge on any atom is 0.490 e. The number of thioether (sulfide) groups is 1. The average molecular weight is 553 g/mol. The van der Waals surface area contributed by atoms with Crippen molar-refractivity contribution in [3.8, 4) is 0 Å². The highest BCUT2D eigenvalue weighted by atomic mass is 32.2. The molecular weight excluding hydrogens is 517 g/mol. The van der Waals surface area contributed by atoms with Crippen molar-refractivity contribution in [2.75, 3.05) is 32.1 Å². The maximum atomic E-state index is 12.4. The number of nitrogens with one attached hydrogen (secondary N) is 1. The van der Waals surface area contributed by atoms with E-state index >= 15 is 0 Å². The van der Waals surface area contributed by atoms with Crippen molar-refractivity contribution in [3.05, 3.63) is 69.8 Å². The monoisotopic (exact) mass is 552 g/mol. The number of piperidine rings is 1. The Morgan fingerprint density at radius 2 is 1.76 bits per heavy atom. The van der Waals surface area contributed by atoms with E-state index in [1.165, 1.54) is 24.1 Å². The van der Waals surface area contributed by atoms with Gasteiger partial charge in [0.15, 0.2) is 0 Å². The van der Waals surface area contributed by atoms with Crippen LogP contribution in [0.4, 0.5) is 18.9 Å². The Hall–Kier alpha value is -3.05. The van der Waals surface area contributed by atoms with Gasteiger partial charge in [-0.2, -0.15) is 24.9 Å². The van der Waals surface area contributed by atoms with Gasteiger partial charge in [-0.1, -0.05) is 31.7 Å². The first-order valence-corrected chi connectivity index (χ1v) is 12.9. The third kappa shape index (κ3) is 8.76. The number of aliphatic carboxylic acids is 1. The molecule has 208 valence electrons. The largest absolute Gasteiger partial charge is 0.490 e. The number of fused-ring (bicyclic) bond motifs is 1. The second-order valence-electron chi connectivity index (χ2n) is 9.13. The van der Waals surface area contributed by atoms with E-state index < -0.39 is 12.1 Å². The lowest BCUT2D eigenvalue weighted by Gasteiger charge is -2.31. The topological polar surface area (TPSA) is 89.5 Å². The molecule has 0 bridgehead atoms. The van der Waals surface area contributed by atoms with Crippen molar-refractivity contribution in [1.82, 2.24) is 14.9 Å². The first-order chi connectivity index (χ1) is 17.4. The molecule has 0 aliphatic carbocycles. The number of rotatable bonds is 6. The van der Waals surface area contributed by atoms with Gasteiger partial charge < -0.3 is 15.0 Å². The number of benzene rings is 2. The van der Waals surface area contributed by atoms with Gasteiger partial charge in [-0.15, -0.1) is 0 Å². The van der Waals surface area contributed by atoms with E-state index in [1.54, 1.807) is 0 Å². The van der Waals surface area contributed by atoms with Crippen LogP contribution in [0.2, 0.25) is 0 Å². The fourth-order valence-corrected chi connectivity index (χ4v) is 5.08. The summed E-state index contributed by atoms with van der Waals surface area (Å²) in [5, 5.41) is 8.42. The fraction of sp³-hybridized carbons (Fsp3) is 0.444. The number of aryl methyl sites for hydroxylation is 1. The van der Waals surface area contributed by atoms with Crippen LogP contribution in [0.15, 0.2) is 47.3 Å². The Morgan fingerprint density at radius 3 is 2.32 bits per heavy atom. The number of carboxylic acid groups (broad SMARTS) is 1. The summed E-state index contributed by atoms with van der Waals surface area (Å²) in [4.78, 5) is 33.6. The Balaban J connectivity index is 0.000000561. The van der Waals surface area contributed by atoms with Gasteiger partial charge in [0.05, 0.1) is 16.7 Å². The minimum absolute atomic E-state index is 0. The highest BCUT2D eigenvalue weighted by molar-refractivity contribution is 7.99. The zero-order chi connectivity index (χ0) is 27.2. The number of hydrogen-bond donors (Lipinski definition) is 2. The molecule has 0 amide bonds. The molecule has 0 saturated carbocycles. The summed E-state index contributed by atoms with van der Waals surface area (Å²) >= 11 is 1.92. The SMILES string of the molecule is C.Cc1cccc2c(=O)[nH]c(CSC3CCN(Cc4ccc(N(C)C)cc4)CC3)nc12.O=C(O)C(F)(F)F. The molecule has 2 N–H and O–H groups in total. The van der Waals surface area contributed by atoms with Crippen LogP contribution < -0.4 is 10.5 Å². The predicted octanol–water partition coefficient (Wildman–Crippen LogP) is 5.46. The van der Waals surface area contributed by atoms with E-state index in [-0.39, 0.29) is 13.0 Å². The van der Waals surface area contributed by atoms with Crippen LogP contribution in [-0.2, 0) is 17.1 Å². The number of anilines is 1. The molecule has 0 unspecified atom stereocenters. The number of alkyl halides is 3. The molecule has 1 aromatic heterocycles. The van der Waals surface area contributed by atoms with Gasteiger partial charge in [-0.3, -0.25) is 9.69 Å². The van der Waals surface area contributed by atoms with Crippen LogP contribution in [0.5, 0.6) is 0 Å². The molecule has 1 aliphatic heterocycles. The molecule has 2 aromatic carbocycles. The summed E-state index contributed by atoms with van der Waals surface area (Å²) in [6.07, 6.45) is -2.73. The first kappa shape index (κ1) is 31.2. The van der Waals surface area contributed by atoms with Crippen LogP contribution in [-0.4, -0.2) is 64.6 Å². The summed E-state index contributed by atoms with van der Waals surface area (Å²) in [5.41, 5.74) is 4.46. The smallest absolute Gasteiger partial charge is 0.475 e. The summed E-state index contributed by atoms with van der Waals surface area (Å²) in [7, 11) is 4.14. The van der Waals surface area contributed by atoms with Gasteiger partial charge >= 0.3 is 12.1 Å². The van der Waals surface area contributed by atoms with Gasteiger partial charge in [0.2, 0.25) is 0 Å². The van der Waals surface area contributed by atoms with E-state index in [2.05, 4.69) is 53.1 Å². The summed E-state index contributed by atoms with van der Waals surface area (Å²) in [6, 6.07) is 14.6. The van der Waals surface area contributed by atoms with Crippen molar-refractivity contribution >= 4 is 34.3 Å². The molecule has 1 fully saturated rings. The lowest BCUT2D eigenvalue weighted by molar-refractivity contribution is -0.192. The van der Waals surface area contributed by atoms with Crippen molar-refractivity contribution in [2.45, 2.75) is 50.9 Å². The van der Waals surface area contributed by atoms with Crippen LogP contribution in [0.3, 0.4) is 0 Å². The molecule has 2 heterocycles. The molecule has 4 rings (SSSR count). The zero-order valence-electron chi connectivity index (χ0n) is 21.0. The van der Waals surface area contributed by atoms with E-state index in [0.717, 1.165) is 42.3 Å². The average Bonchev–Trinajstić information content (AvgIpc) is 2.84. The summed E-state index contributed by atoms with van der Waals surface area (Å²) < 4.78 is 31.7. The normalized spacial score (nSPS) is 14.4. The lowest BCUT2D eigenvalue weighted by Crippen LogP contribution is -2.34. The summed E-state index contributed by atoms with van der Waals surface area (Å²) in [6.45, 7) is 5.27. The molecule has 7 nitrogen and oxygen atoms in total. The van der Waals surface area contributed by atoms with Gasteiger partial charge in [0.25, 0.3) is 5.56 Å². The number of aromatic nitrogens is 2. The molecule has 1 saturated heterocycles. The number of nitrogens with zero attached hydrogens (tertiary/aromatic N) is 3. The molecule has 0 spiro atoms. The Morgan fingerprint density at radius 1 is 1.16 bits per heavy atom. The van der Waals surface area contributed by atoms with Crippen molar-refractivity contribution in [1.29, 1.82) is 0 Å². The third-order valence-corrected chi connectivity index (χ3v) is 7.46. The molecule has 11 heteroatoms. The van der Waals surface area contributed by atoms with E-state index in [0.29, 0.717) is 10.6 Å². The van der Waals surface area contributed by atoms with Crippen LogP contribution in [0.25, 0.3) is 10.9 Å². The number of carboxylic acids is 1. The quantitative estimate of drug-likeness (QED) is 0.420. The van der Waals surface area contributed by atoms with Crippen molar-refractivity contribution < 1.29 is 23.1 Å². The second kappa shape index (κ2) is 13.7. The van der Waals surface area contributed by atoms with Crippen molar-refractivity contribution in [3.63, 3.8) is 0 Å². The highest BCUT2D eigenvalue weighted by Crippen LogP contribution is 2.27. The van der Waals surface area contributed by atoms with E-state index in [4.69, 9.17) is 14.9 Å². The fourth-order valence-electron chi connectivity index (χ4n) is 4.01. The second-order valence-corrected chi connectivity index (χ2v) is 10.4. The Bertz CT molecular complexity index is 1260. The van der Waals surface area contributed by atoms with Crippen LogP contribution in [0, 0.1) is 6.92 Å². The molecule has 38 heavy (non-hydrogen) atoms. The number of aromatic amines is 1. The van der Waals surface area contributed by atoms with Crippen molar-refractivity contribution in [2.24, 2.45) is 0 Å². The molecule has 0 radical (unpaired) electrons. The first-order valence-electron chi connectivity index (χ1n) is 11.8. The number of hydrogen-bond acceptors (Lipinski definition) is 6. The predicted molar refractivity (Wildman–Crippen MR) is 148 cm³/mol. The summed E-state index contributed by atoms with van der Waals surface area (Å²) in [5.74, 6) is -1.21. The van der Waals surface area contributed by atoms with Gasteiger partial charge in [-0.25, -0.2) is 9.78 Å². The van der Waals surface area contributed by atoms with E-state index in [1.807, 2.05) is 36.9 Å². The third-order valence-electron chi connectivity index (χ3n) is 6.08. The number of likely N-dealkylation sites (tertiary alicyclic amines) is 1. The van der Waals surface area contributed by atoms with E-state index in [9.17, 15) is 18.0 Å². The lowest BCUT2D eigenvalue weighted by atomic mass is 10.1. The number of para-hydroxylation sites is 1. The van der Waals surface area contributed by atoms with Crippen LogP contribution >= 0.6 is 11.8 Å². The van der Waals surface area contributed by atoms with Gasteiger partial charge in [0, 0.05) is 31.6 Å². The molecule has 3 aromatic rings. The number of halogens is 3.